The number of carbonyl (C=O) groups is 1. The van der Waals surface area contributed by atoms with E-state index in [0.717, 1.165) is 5.56 Å². The van der Waals surface area contributed by atoms with Gasteiger partial charge < -0.3 is 24.7 Å². The molecule has 0 saturated carbocycles. The topological polar surface area (TPSA) is 95.5 Å². The van der Waals surface area contributed by atoms with Gasteiger partial charge in [-0.1, -0.05) is 11.6 Å². The van der Waals surface area contributed by atoms with Crippen LogP contribution < -0.4 is 10.5 Å². The summed E-state index contributed by atoms with van der Waals surface area (Å²) in [6.07, 6.45) is 0.381. The Labute approximate surface area is 186 Å². The number of halogens is 2. The minimum Gasteiger partial charge on any atom is -0.482 e. The molecular weight excluding hydrogens is 425 g/mol. The fourth-order valence-corrected chi connectivity index (χ4v) is 3.96. The van der Waals surface area contributed by atoms with Crippen molar-refractivity contribution in [1.29, 1.82) is 0 Å². The maximum absolute atomic E-state index is 15.0. The molecule has 31 heavy (non-hydrogen) atoms. The van der Waals surface area contributed by atoms with Crippen LogP contribution in [-0.2, 0) is 24.8 Å². The van der Waals surface area contributed by atoms with E-state index in [2.05, 4.69) is 10.2 Å². The third kappa shape index (κ3) is 4.93. The number of ether oxygens (including phenoxy) is 2. The standard InChI is InChI=1S/C21H29ClFN5O3/c1-12-25-26-17(27(12)5)11-30-19-15(23)10-14(22)13-7-9-28(16(6-8-24)18(13)19)20(29)31-21(2,3)4/h10,16H,6-9,11,24H2,1-5H3/t16-/m1/s1. The van der Waals surface area contributed by atoms with Gasteiger partial charge in [-0.2, -0.15) is 0 Å². The molecule has 0 spiro atoms. The summed E-state index contributed by atoms with van der Waals surface area (Å²) in [6, 6.07) is 0.730. The Balaban J connectivity index is 2.01. The van der Waals surface area contributed by atoms with Crippen molar-refractivity contribution in [2.45, 2.75) is 58.8 Å². The van der Waals surface area contributed by atoms with Gasteiger partial charge in [-0.15, -0.1) is 10.2 Å². The Morgan fingerprint density at radius 2 is 2.10 bits per heavy atom. The molecule has 1 amide bonds. The lowest BCUT2D eigenvalue weighted by Gasteiger charge is -2.39. The number of carbonyl (C=O) groups excluding carboxylic acids is 1. The van der Waals surface area contributed by atoms with Crippen molar-refractivity contribution >= 4 is 17.7 Å². The average Bonchev–Trinajstić information content (AvgIpc) is 2.99. The zero-order chi connectivity index (χ0) is 22.9. The van der Waals surface area contributed by atoms with Crippen molar-refractivity contribution in [3.63, 3.8) is 0 Å². The second kappa shape index (κ2) is 9.00. The van der Waals surface area contributed by atoms with E-state index in [0.29, 0.717) is 48.2 Å². The molecule has 1 atom stereocenters. The highest BCUT2D eigenvalue weighted by atomic mass is 35.5. The quantitative estimate of drug-likeness (QED) is 0.741. The average molecular weight is 454 g/mol. The van der Waals surface area contributed by atoms with Gasteiger partial charge in [-0.3, -0.25) is 0 Å². The molecule has 2 N–H and O–H groups in total. The molecule has 8 nitrogen and oxygen atoms in total. The van der Waals surface area contributed by atoms with Crippen molar-refractivity contribution < 1.29 is 18.7 Å². The van der Waals surface area contributed by atoms with Crippen LogP contribution in [0.2, 0.25) is 5.02 Å². The number of benzene rings is 1. The van der Waals surface area contributed by atoms with Crippen molar-refractivity contribution in [3.05, 3.63) is 39.7 Å². The number of aromatic nitrogens is 3. The summed E-state index contributed by atoms with van der Waals surface area (Å²) in [4.78, 5) is 14.5. The summed E-state index contributed by atoms with van der Waals surface area (Å²) in [6.45, 7) is 7.92. The number of hydrogen-bond donors (Lipinski definition) is 1. The summed E-state index contributed by atoms with van der Waals surface area (Å²) in [5.41, 5.74) is 6.48. The second-order valence-corrected chi connectivity index (χ2v) is 9.00. The van der Waals surface area contributed by atoms with Crippen LogP contribution in [0.5, 0.6) is 5.75 Å². The number of amides is 1. The Morgan fingerprint density at radius 1 is 1.39 bits per heavy atom. The highest BCUT2D eigenvalue weighted by Crippen LogP contribution is 2.43. The molecule has 2 heterocycles. The van der Waals surface area contributed by atoms with E-state index >= 15 is 4.39 Å². The van der Waals surface area contributed by atoms with Crippen LogP contribution in [-0.4, -0.2) is 44.4 Å². The minimum absolute atomic E-state index is 0.0180. The van der Waals surface area contributed by atoms with Crippen molar-refractivity contribution in [2.24, 2.45) is 12.8 Å². The van der Waals surface area contributed by atoms with Crippen LogP contribution in [0.4, 0.5) is 9.18 Å². The van der Waals surface area contributed by atoms with Crippen LogP contribution in [0, 0.1) is 12.7 Å². The molecule has 2 aromatic rings. The van der Waals surface area contributed by atoms with Gasteiger partial charge in [0.1, 0.15) is 18.0 Å². The van der Waals surface area contributed by atoms with Crippen LogP contribution in [0.3, 0.4) is 0 Å². The first kappa shape index (κ1) is 23.3. The smallest absolute Gasteiger partial charge is 0.410 e. The number of rotatable bonds is 5. The number of fused-ring (bicyclic) bond motifs is 1. The summed E-state index contributed by atoms with van der Waals surface area (Å²) >= 11 is 6.38. The highest BCUT2D eigenvalue weighted by molar-refractivity contribution is 6.31. The van der Waals surface area contributed by atoms with Gasteiger partial charge in [0.15, 0.2) is 17.4 Å². The Morgan fingerprint density at radius 3 is 2.68 bits per heavy atom. The van der Waals surface area contributed by atoms with Crippen LogP contribution >= 0.6 is 11.6 Å². The largest absolute Gasteiger partial charge is 0.482 e. The maximum Gasteiger partial charge on any atom is 0.410 e. The van der Waals surface area contributed by atoms with Gasteiger partial charge in [0.25, 0.3) is 0 Å². The third-order valence-electron chi connectivity index (χ3n) is 5.24. The molecule has 1 aromatic heterocycles. The normalized spacial score (nSPS) is 16.3. The molecule has 10 heteroatoms. The van der Waals surface area contributed by atoms with Crippen molar-refractivity contribution in [2.75, 3.05) is 13.1 Å². The van der Waals surface area contributed by atoms with Gasteiger partial charge in [-0.25, -0.2) is 9.18 Å². The molecule has 1 aliphatic heterocycles. The number of nitrogens with two attached hydrogens (primary N) is 1. The van der Waals surface area contributed by atoms with Gasteiger partial charge in [0.05, 0.1) is 6.04 Å². The SMILES string of the molecule is Cc1nnc(COc2c(F)cc(Cl)c3c2[C@@H](CCN)N(C(=O)OC(C)(C)C)CC3)n1C. The van der Waals surface area contributed by atoms with Crippen LogP contribution in [0.15, 0.2) is 6.07 Å². The van der Waals surface area contributed by atoms with Crippen molar-refractivity contribution in [1.82, 2.24) is 19.7 Å². The van der Waals surface area contributed by atoms with E-state index in [-0.39, 0.29) is 12.4 Å². The first-order valence-corrected chi connectivity index (χ1v) is 10.6. The summed E-state index contributed by atoms with van der Waals surface area (Å²) in [5.74, 6) is 0.715. The number of aryl methyl sites for hydroxylation is 1. The predicted octanol–water partition coefficient (Wildman–Crippen LogP) is 3.68. The van der Waals surface area contributed by atoms with Gasteiger partial charge in [0, 0.05) is 24.2 Å². The Bertz CT molecular complexity index is 973. The van der Waals surface area contributed by atoms with Crippen LogP contribution in [0.25, 0.3) is 0 Å². The molecular formula is C21H29ClFN5O3. The summed E-state index contributed by atoms with van der Waals surface area (Å²) < 4.78 is 28.3. The second-order valence-electron chi connectivity index (χ2n) is 8.59. The Hall–Kier alpha value is -2.39. The number of hydrogen-bond acceptors (Lipinski definition) is 6. The Kier molecular flexibility index (Phi) is 6.76. The van der Waals surface area contributed by atoms with Gasteiger partial charge in [-0.05, 0) is 58.7 Å². The minimum atomic E-state index is -0.660. The molecule has 0 fully saturated rings. The van der Waals surface area contributed by atoms with E-state index < -0.39 is 23.6 Å². The summed E-state index contributed by atoms with van der Waals surface area (Å²) in [5, 5.41) is 8.37. The first-order chi connectivity index (χ1) is 14.5. The molecule has 3 rings (SSSR count). The van der Waals surface area contributed by atoms with Gasteiger partial charge >= 0.3 is 6.09 Å². The molecule has 0 saturated heterocycles. The molecule has 1 aromatic carbocycles. The lowest BCUT2D eigenvalue weighted by atomic mass is 9.89. The first-order valence-electron chi connectivity index (χ1n) is 10.2. The highest BCUT2D eigenvalue weighted by Gasteiger charge is 2.37. The maximum atomic E-state index is 15.0. The van der Waals surface area contributed by atoms with Crippen LogP contribution in [0.1, 0.15) is 56.0 Å². The lowest BCUT2D eigenvalue weighted by Crippen LogP contribution is -2.44. The monoisotopic (exact) mass is 453 g/mol. The molecule has 0 aliphatic carbocycles. The van der Waals surface area contributed by atoms with Crippen molar-refractivity contribution in [3.8, 4) is 5.75 Å². The molecule has 170 valence electrons. The summed E-state index contributed by atoms with van der Waals surface area (Å²) in [7, 11) is 1.81. The van der Waals surface area contributed by atoms with Gasteiger partial charge in [0.2, 0.25) is 0 Å². The molecule has 0 radical (unpaired) electrons. The molecule has 1 aliphatic rings. The third-order valence-corrected chi connectivity index (χ3v) is 5.57. The fourth-order valence-electron chi connectivity index (χ4n) is 3.67. The zero-order valence-electron chi connectivity index (χ0n) is 18.5. The van der Waals surface area contributed by atoms with E-state index in [4.69, 9.17) is 26.8 Å². The van der Waals surface area contributed by atoms with E-state index in [1.165, 1.54) is 6.07 Å². The van der Waals surface area contributed by atoms with E-state index in [1.54, 1.807) is 30.2 Å². The molecule has 0 bridgehead atoms. The molecule has 0 unspecified atom stereocenters. The van der Waals surface area contributed by atoms with E-state index in [1.807, 2.05) is 14.0 Å². The van der Waals surface area contributed by atoms with E-state index in [9.17, 15) is 4.79 Å². The lowest BCUT2D eigenvalue weighted by molar-refractivity contribution is 0.0130. The zero-order valence-corrected chi connectivity index (χ0v) is 19.3. The predicted molar refractivity (Wildman–Crippen MR) is 115 cm³/mol. The number of nitrogens with zero attached hydrogens (tertiary/aromatic N) is 4. The fraction of sp³-hybridized carbons (Fsp3) is 0.571.